The fourth-order valence-corrected chi connectivity index (χ4v) is 8.48. The van der Waals surface area contributed by atoms with Crippen LogP contribution in [-0.4, -0.2) is 51.4 Å². The molecule has 8 heteroatoms. The minimum Gasteiger partial charge on any atom is -0.504 e. The van der Waals surface area contributed by atoms with E-state index in [1.807, 2.05) is 55.1 Å². The first-order chi connectivity index (χ1) is 26.3. The lowest BCUT2D eigenvalue weighted by Gasteiger charge is -2.36. The number of hydrogen-bond acceptors (Lipinski definition) is 6. The van der Waals surface area contributed by atoms with E-state index in [-0.39, 0.29) is 41.5 Å². The number of carbonyl (C=O) groups is 1. The predicted octanol–water partition coefficient (Wildman–Crippen LogP) is 8.55. The van der Waals surface area contributed by atoms with E-state index in [1.54, 1.807) is 25.3 Å². The Morgan fingerprint density at radius 3 is 2.20 bits per heavy atom. The van der Waals surface area contributed by atoms with Crippen LogP contribution >= 0.6 is 0 Å². The van der Waals surface area contributed by atoms with Gasteiger partial charge in [-0.1, -0.05) is 67.6 Å². The molecule has 54 heavy (non-hydrogen) atoms. The largest absolute Gasteiger partial charge is 0.504 e. The Morgan fingerprint density at radius 2 is 1.50 bits per heavy atom. The van der Waals surface area contributed by atoms with Crippen molar-refractivity contribution in [2.24, 2.45) is 11.8 Å². The molecule has 5 atom stereocenters. The van der Waals surface area contributed by atoms with E-state index < -0.39 is 12.0 Å². The molecule has 0 amide bonds. The highest BCUT2D eigenvalue weighted by Crippen LogP contribution is 2.51. The number of H-pyrrole nitrogens is 2. The van der Waals surface area contributed by atoms with Gasteiger partial charge in [-0.15, -0.1) is 0 Å². The standard InChI is InChI=1S/C46H48N2O6/c1-4-31-10-11-32-7-5-6-8-34(32)44(31)37-13-12-35(36-14-16-40(50)46(54-3)45(36)37)38(23-30-18-20-48-27-30)42(52)25-41(51)33(22-29-17-19-47-26-29)21-28-9-15-39(49)43(24-28)53-2/h5-20,24,26-27,33,35,37-38,42,47-50,52H,4,21-23,25H2,1-3H3. The van der Waals surface area contributed by atoms with Crippen molar-refractivity contribution in [1.29, 1.82) is 0 Å². The number of aromatic amines is 2. The summed E-state index contributed by atoms with van der Waals surface area (Å²) in [6.07, 6.45) is 13.2. The number of fused-ring (bicyclic) bond motifs is 2. The summed E-state index contributed by atoms with van der Waals surface area (Å²) in [5, 5.41) is 36.0. The van der Waals surface area contributed by atoms with Gasteiger partial charge in [0, 0.05) is 54.5 Å². The number of aryl methyl sites for hydroxylation is 1. The Bertz CT molecular complexity index is 2240. The van der Waals surface area contributed by atoms with Crippen molar-refractivity contribution in [2.45, 2.75) is 57.0 Å². The highest BCUT2D eigenvalue weighted by molar-refractivity contribution is 5.88. The molecule has 7 rings (SSSR count). The smallest absolute Gasteiger partial charge is 0.164 e. The summed E-state index contributed by atoms with van der Waals surface area (Å²) in [7, 11) is 3.09. The molecule has 2 aromatic heterocycles. The first-order valence-corrected chi connectivity index (χ1v) is 18.7. The summed E-state index contributed by atoms with van der Waals surface area (Å²) in [5.41, 5.74) is 7.11. The minimum atomic E-state index is -0.988. The number of rotatable bonds is 15. The van der Waals surface area contributed by atoms with Gasteiger partial charge >= 0.3 is 0 Å². The van der Waals surface area contributed by atoms with E-state index in [2.05, 4.69) is 59.4 Å². The highest BCUT2D eigenvalue weighted by Gasteiger charge is 2.38. The van der Waals surface area contributed by atoms with Gasteiger partial charge in [-0.2, -0.15) is 0 Å². The molecule has 278 valence electrons. The van der Waals surface area contributed by atoms with Crippen molar-refractivity contribution in [2.75, 3.05) is 14.2 Å². The van der Waals surface area contributed by atoms with Crippen LogP contribution in [0.3, 0.4) is 0 Å². The number of aromatic hydroxyl groups is 2. The Labute approximate surface area is 316 Å². The molecular weight excluding hydrogens is 677 g/mol. The van der Waals surface area contributed by atoms with Crippen LogP contribution in [0.1, 0.15) is 64.1 Å². The van der Waals surface area contributed by atoms with Crippen molar-refractivity contribution in [1.82, 2.24) is 9.97 Å². The van der Waals surface area contributed by atoms with Crippen molar-refractivity contribution >= 4 is 16.6 Å². The Balaban J connectivity index is 1.27. The number of ketones is 1. The lowest BCUT2D eigenvalue weighted by atomic mass is 9.69. The minimum absolute atomic E-state index is 0.0390. The first kappa shape index (κ1) is 36.6. The van der Waals surface area contributed by atoms with Gasteiger partial charge in [0.2, 0.25) is 0 Å². The number of aliphatic hydroxyl groups excluding tert-OH is 1. The second-order valence-corrected chi connectivity index (χ2v) is 14.4. The molecule has 0 aliphatic heterocycles. The van der Waals surface area contributed by atoms with Crippen LogP contribution in [0.5, 0.6) is 23.0 Å². The fourth-order valence-electron chi connectivity index (χ4n) is 8.48. The molecule has 5 unspecified atom stereocenters. The van der Waals surface area contributed by atoms with Crippen molar-refractivity contribution in [3.05, 3.63) is 155 Å². The van der Waals surface area contributed by atoms with Crippen LogP contribution in [0.15, 0.2) is 116 Å². The number of hydrogen-bond donors (Lipinski definition) is 5. The molecule has 5 N–H and O–H groups in total. The summed E-state index contributed by atoms with van der Waals surface area (Å²) in [4.78, 5) is 20.6. The van der Waals surface area contributed by atoms with E-state index >= 15 is 0 Å². The average molecular weight is 725 g/mol. The number of benzene rings is 4. The molecule has 0 saturated carbocycles. The van der Waals surface area contributed by atoms with Gasteiger partial charge < -0.3 is 34.8 Å². The number of Topliss-reactive ketones (excluding diaryl/α,β-unsaturated/α-hetero) is 1. The summed E-state index contributed by atoms with van der Waals surface area (Å²) >= 11 is 0. The van der Waals surface area contributed by atoms with Gasteiger partial charge in [0.1, 0.15) is 5.78 Å². The van der Waals surface area contributed by atoms with E-state index in [1.165, 1.54) is 18.2 Å². The van der Waals surface area contributed by atoms with Crippen LogP contribution < -0.4 is 9.47 Å². The number of ether oxygens (including phenoxy) is 2. The molecule has 4 aromatic carbocycles. The molecule has 0 radical (unpaired) electrons. The van der Waals surface area contributed by atoms with Crippen LogP contribution in [0.2, 0.25) is 0 Å². The zero-order valence-electron chi connectivity index (χ0n) is 31.0. The molecule has 0 saturated heterocycles. The summed E-state index contributed by atoms with van der Waals surface area (Å²) in [6.45, 7) is 2.16. The lowest BCUT2D eigenvalue weighted by Crippen LogP contribution is -2.34. The van der Waals surface area contributed by atoms with Crippen molar-refractivity contribution in [3.8, 4) is 23.0 Å². The third kappa shape index (κ3) is 7.39. The molecule has 0 fully saturated rings. The molecule has 2 heterocycles. The number of aliphatic hydroxyl groups is 1. The third-order valence-corrected chi connectivity index (χ3v) is 11.2. The fraction of sp³-hybridized carbons (Fsp3) is 0.283. The predicted molar refractivity (Wildman–Crippen MR) is 212 cm³/mol. The van der Waals surface area contributed by atoms with Crippen molar-refractivity contribution < 1.29 is 29.6 Å². The summed E-state index contributed by atoms with van der Waals surface area (Å²) in [5.74, 6) is -0.469. The van der Waals surface area contributed by atoms with E-state index in [0.29, 0.717) is 30.8 Å². The van der Waals surface area contributed by atoms with Gasteiger partial charge in [-0.05, 0) is 106 Å². The number of nitrogens with one attached hydrogen (secondary N) is 2. The number of phenols is 2. The highest BCUT2D eigenvalue weighted by atomic mass is 16.5. The van der Waals surface area contributed by atoms with E-state index in [0.717, 1.165) is 45.0 Å². The zero-order valence-corrected chi connectivity index (χ0v) is 31.0. The quantitative estimate of drug-likeness (QED) is 0.0676. The Morgan fingerprint density at radius 1 is 0.778 bits per heavy atom. The molecule has 1 aliphatic rings. The average Bonchev–Trinajstić information content (AvgIpc) is 3.91. The monoisotopic (exact) mass is 724 g/mol. The number of allylic oxidation sites excluding steroid dienone is 2. The number of phenolic OH excluding ortho intramolecular Hbond substituents is 2. The maximum Gasteiger partial charge on any atom is 0.164 e. The molecule has 0 bridgehead atoms. The zero-order chi connectivity index (χ0) is 37.8. The van der Waals surface area contributed by atoms with Crippen LogP contribution in [0, 0.1) is 11.8 Å². The number of carbonyl (C=O) groups excluding carboxylic acids is 1. The van der Waals surface area contributed by atoms with Gasteiger partial charge in [0.05, 0.1) is 20.3 Å². The van der Waals surface area contributed by atoms with Gasteiger partial charge in [0.15, 0.2) is 23.0 Å². The number of aromatic nitrogens is 2. The Hall–Kier alpha value is -5.73. The second-order valence-electron chi connectivity index (χ2n) is 14.4. The molecule has 6 aromatic rings. The normalized spacial score (nSPS) is 16.8. The maximum atomic E-state index is 14.4. The SMILES string of the molecule is CCc1ccc2ccccc2c1C1C=CC(C(Cc2cc[nH]c2)C(O)CC(=O)C(Cc2cc[nH]c2)Cc2ccc(O)c(OC)c2)c2ccc(O)c(OC)c21. The topological polar surface area (TPSA) is 128 Å². The van der Waals surface area contributed by atoms with Gasteiger partial charge in [0.25, 0.3) is 0 Å². The van der Waals surface area contributed by atoms with Crippen LogP contribution in [-0.2, 0) is 30.5 Å². The molecule has 8 nitrogen and oxygen atoms in total. The van der Waals surface area contributed by atoms with Crippen molar-refractivity contribution in [3.63, 3.8) is 0 Å². The molecular formula is C46H48N2O6. The third-order valence-electron chi connectivity index (χ3n) is 11.2. The second kappa shape index (κ2) is 16.1. The molecule has 0 spiro atoms. The first-order valence-electron chi connectivity index (χ1n) is 18.7. The van der Waals surface area contributed by atoms with Gasteiger partial charge in [-0.3, -0.25) is 4.79 Å². The maximum absolute atomic E-state index is 14.4. The number of methoxy groups -OCH3 is 2. The van der Waals surface area contributed by atoms with Crippen LogP contribution in [0.4, 0.5) is 0 Å². The summed E-state index contributed by atoms with van der Waals surface area (Å²) in [6, 6.07) is 25.5. The van der Waals surface area contributed by atoms with E-state index in [9.17, 15) is 20.1 Å². The molecule has 1 aliphatic carbocycles. The Kier molecular flexibility index (Phi) is 10.9. The van der Waals surface area contributed by atoms with E-state index in [4.69, 9.17) is 9.47 Å². The summed E-state index contributed by atoms with van der Waals surface area (Å²) < 4.78 is 11.3. The van der Waals surface area contributed by atoms with Crippen LogP contribution in [0.25, 0.3) is 10.8 Å². The lowest BCUT2D eigenvalue weighted by molar-refractivity contribution is -0.125. The van der Waals surface area contributed by atoms with Gasteiger partial charge in [-0.25, -0.2) is 0 Å².